The third-order valence-electron chi connectivity index (χ3n) is 2.50. The summed E-state index contributed by atoms with van der Waals surface area (Å²) in [4.78, 5) is 11.3. The molecule has 1 rings (SSSR count). The van der Waals surface area contributed by atoms with Gasteiger partial charge >= 0.3 is 6.18 Å². The minimum Gasteiger partial charge on any atom is -0.480 e. The van der Waals surface area contributed by atoms with Crippen LogP contribution in [-0.4, -0.2) is 19.1 Å². The van der Waals surface area contributed by atoms with E-state index in [2.05, 4.69) is 5.32 Å². The second kappa shape index (κ2) is 5.92. The standard InChI is InChI=1S/C12H15F3N2O2/c1-7(11(18)17-2)19-10-4-3-8(6-16)5-9(10)12(13,14)15/h3-5,7H,6,16H2,1-2H3,(H,17,18). The normalized spacial score (nSPS) is 12.9. The number of carbonyl (C=O) groups excluding carboxylic acids is 1. The van der Waals surface area contributed by atoms with Gasteiger partial charge in [-0.2, -0.15) is 13.2 Å². The van der Waals surface area contributed by atoms with E-state index < -0.39 is 23.8 Å². The van der Waals surface area contributed by atoms with E-state index in [9.17, 15) is 18.0 Å². The molecule has 0 spiro atoms. The molecule has 0 saturated heterocycles. The Kier molecular flexibility index (Phi) is 4.77. The number of halogens is 3. The zero-order valence-corrected chi connectivity index (χ0v) is 10.5. The molecule has 0 radical (unpaired) electrons. The predicted octanol–water partition coefficient (Wildman–Crippen LogP) is 1.68. The molecule has 0 fully saturated rings. The number of hydrogen-bond donors (Lipinski definition) is 2. The van der Waals surface area contributed by atoms with Crippen molar-refractivity contribution in [3.8, 4) is 5.75 Å². The first-order valence-corrected chi connectivity index (χ1v) is 5.58. The monoisotopic (exact) mass is 276 g/mol. The van der Waals surface area contributed by atoms with Crippen LogP contribution in [-0.2, 0) is 17.5 Å². The van der Waals surface area contributed by atoms with E-state index in [0.29, 0.717) is 5.56 Å². The van der Waals surface area contributed by atoms with Gasteiger partial charge in [0, 0.05) is 13.6 Å². The van der Waals surface area contributed by atoms with Gasteiger partial charge in [-0.1, -0.05) is 6.07 Å². The van der Waals surface area contributed by atoms with Gasteiger partial charge in [-0.05, 0) is 24.6 Å². The average Bonchev–Trinajstić information content (AvgIpc) is 2.36. The third kappa shape index (κ3) is 3.85. The quantitative estimate of drug-likeness (QED) is 0.879. The molecule has 1 atom stereocenters. The van der Waals surface area contributed by atoms with Crippen LogP contribution in [0.3, 0.4) is 0 Å². The van der Waals surface area contributed by atoms with Gasteiger partial charge in [-0.25, -0.2) is 0 Å². The summed E-state index contributed by atoms with van der Waals surface area (Å²) >= 11 is 0. The molecule has 0 saturated carbocycles. The van der Waals surface area contributed by atoms with Crippen LogP contribution in [0, 0.1) is 0 Å². The number of nitrogens with one attached hydrogen (secondary N) is 1. The number of carbonyl (C=O) groups is 1. The van der Waals surface area contributed by atoms with Crippen molar-refractivity contribution in [2.45, 2.75) is 25.7 Å². The molecule has 0 aromatic heterocycles. The van der Waals surface area contributed by atoms with Crippen LogP contribution >= 0.6 is 0 Å². The molecule has 0 aliphatic carbocycles. The largest absolute Gasteiger partial charge is 0.480 e. The van der Waals surface area contributed by atoms with Crippen molar-refractivity contribution in [1.82, 2.24) is 5.32 Å². The van der Waals surface area contributed by atoms with Crippen molar-refractivity contribution in [3.05, 3.63) is 29.3 Å². The molecule has 1 aromatic carbocycles. The van der Waals surface area contributed by atoms with Gasteiger partial charge in [0.05, 0.1) is 5.56 Å². The van der Waals surface area contributed by atoms with E-state index >= 15 is 0 Å². The molecule has 3 N–H and O–H groups in total. The second-order valence-electron chi connectivity index (χ2n) is 3.91. The minimum atomic E-state index is -4.57. The number of rotatable bonds is 4. The summed E-state index contributed by atoms with van der Waals surface area (Å²) in [6.45, 7) is 1.37. The number of alkyl halides is 3. The predicted molar refractivity (Wildman–Crippen MR) is 63.5 cm³/mol. The molecule has 4 nitrogen and oxygen atoms in total. The van der Waals surface area contributed by atoms with E-state index in [1.54, 1.807) is 0 Å². The first-order chi connectivity index (χ1) is 8.79. The smallest absolute Gasteiger partial charge is 0.419 e. The van der Waals surface area contributed by atoms with Gasteiger partial charge < -0.3 is 15.8 Å². The Bertz CT molecular complexity index is 461. The molecule has 1 unspecified atom stereocenters. The first-order valence-electron chi connectivity index (χ1n) is 5.58. The van der Waals surface area contributed by atoms with Crippen LogP contribution in [0.1, 0.15) is 18.1 Å². The van der Waals surface area contributed by atoms with Crippen LogP contribution in [0.5, 0.6) is 5.75 Å². The number of ether oxygens (including phenoxy) is 1. The highest BCUT2D eigenvalue weighted by atomic mass is 19.4. The average molecular weight is 276 g/mol. The van der Waals surface area contributed by atoms with E-state index in [-0.39, 0.29) is 12.3 Å². The Morgan fingerprint density at radius 3 is 2.58 bits per heavy atom. The second-order valence-corrected chi connectivity index (χ2v) is 3.91. The Morgan fingerprint density at radius 1 is 1.47 bits per heavy atom. The summed E-state index contributed by atoms with van der Waals surface area (Å²) in [5.74, 6) is -0.892. The summed E-state index contributed by atoms with van der Waals surface area (Å²) in [6, 6.07) is 3.53. The van der Waals surface area contributed by atoms with Gasteiger partial charge in [-0.15, -0.1) is 0 Å². The topological polar surface area (TPSA) is 64.3 Å². The van der Waals surface area contributed by atoms with Crippen molar-refractivity contribution in [1.29, 1.82) is 0 Å². The molecular weight excluding hydrogens is 261 g/mol. The number of hydrogen-bond acceptors (Lipinski definition) is 3. The Balaban J connectivity index is 3.10. The SMILES string of the molecule is CNC(=O)C(C)Oc1ccc(CN)cc1C(F)(F)F. The fourth-order valence-corrected chi connectivity index (χ4v) is 1.48. The lowest BCUT2D eigenvalue weighted by atomic mass is 10.1. The van der Waals surface area contributed by atoms with E-state index in [1.807, 2.05) is 0 Å². The minimum absolute atomic E-state index is 0.00560. The van der Waals surface area contributed by atoms with Gasteiger partial charge in [-0.3, -0.25) is 4.79 Å². The highest BCUT2D eigenvalue weighted by Crippen LogP contribution is 2.37. The number of likely N-dealkylation sites (N-methyl/N-ethyl adjacent to an activating group) is 1. The molecule has 7 heteroatoms. The first kappa shape index (κ1) is 15.3. The van der Waals surface area contributed by atoms with Crippen molar-refractivity contribution in [3.63, 3.8) is 0 Å². The number of benzene rings is 1. The number of nitrogens with two attached hydrogens (primary N) is 1. The Hall–Kier alpha value is -1.76. The summed E-state index contributed by atoms with van der Waals surface area (Å²) in [7, 11) is 1.38. The van der Waals surface area contributed by atoms with Crippen LogP contribution < -0.4 is 15.8 Å². The summed E-state index contributed by atoms with van der Waals surface area (Å²) in [6.07, 6.45) is -5.59. The van der Waals surface area contributed by atoms with Crippen LogP contribution in [0.2, 0.25) is 0 Å². The Labute approximate surface area is 108 Å². The molecule has 0 bridgehead atoms. The molecule has 19 heavy (non-hydrogen) atoms. The maximum Gasteiger partial charge on any atom is 0.419 e. The molecule has 0 aliphatic heterocycles. The van der Waals surface area contributed by atoms with Crippen molar-refractivity contribution in [2.75, 3.05) is 7.05 Å². The maximum atomic E-state index is 12.9. The van der Waals surface area contributed by atoms with Crippen molar-refractivity contribution < 1.29 is 22.7 Å². The Morgan fingerprint density at radius 2 is 2.11 bits per heavy atom. The van der Waals surface area contributed by atoms with Gasteiger partial charge in [0.25, 0.3) is 5.91 Å². The van der Waals surface area contributed by atoms with Gasteiger partial charge in [0.15, 0.2) is 6.10 Å². The lowest BCUT2D eigenvalue weighted by Gasteiger charge is -2.18. The maximum absolute atomic E-state index is 12.9. The zero-order valence-electron chi connectivity index (χ0n) is 10.5. The van der Waals surface area contributed by atoms with Crippen LogP contribution in [0.25, 0.3) is 0 Å². The highest BCUT2D eigenvalue weighted by Gasteiger charge is 2.35. The molecule has 1 aromatic rings. The molecule has 0 aliphatic rings. The third-order valence-corrected chi connectivity index (χ3v) is 2.50. The zero-order chi connectivity index (χ0) is 14.6. The van der Waals surface area contributed by atoms with Gasteiger partial charge in [0.1, 0.15) is 5.75 Å². The summed E-state index contributed by atoms with van der Waals surface area (Å²) in [5.41, 5.74) is 4.71. The highest BCUT2D eigenvalue weighted by molar-refractivity contribution is 5.80. The fourth-order valence-electron chi connectivity index (χ4n) is 1.48. The summed E-state index contributed by atoms with van der Waals surface area (Å²) in [5, 5.41) is 2.30. The number of amides is 1. The van der Waals surface area contributed by atoms with Crippen LogP contribution in [0.4, 0.5) is 13.2 Å². The van der Waals surface area contributed by atoms with Crippen molar-refractivity contribution >= 4 is 5.91 Å². The van der Waals surface area contributed by atoms with Crippen molar-refractivity contribution in [2.24, 2.45) is 5.73 Å². The van der Waals surface area contributed by atoms with E-state index in [4.69, 9.17) is 10.5 Å². The summed E-state index contributed by atoms with van der Waals surface area (Å²) < 4.78 is 43.7. The van der Waals surface area contributed by atoms with E-state index in [0.717, 1.165) is 6.07 Å². The van der Waals surface area contributed by atoms with E-state index in [1.165, 1.54) is 26.1 Å². The van der Waals surface area contributed by atoms with Gasteiger partial charge in [0.2, 0.25) is 0 Å². The lowest BCUT2D eigenvalue weighted by Crippen LogP contribution is -2.34. The lowest BCUT2D eigenvalue weighted by molar-refractivity contribution is -0.140. The molecule has 0 heterocycles. The molecule has 106 valence electrons. The molecular formula is C12H15F3N2O2. The molecule has 1 amide bonds. The fraction of sp³-hybridized carbons (Fsp3) is 0.417. The van der Waals surface area contributed by atoms with Crippen LogP contribution in [0.15, 0.2) is 18.2 Å².